The molecule has 1 aliphatic rings. The number of hydrogen-bond donors (Lipinski definition) is 2. The molecule has 2 N–H and O–H groups in total. The minimum atomic E-state index is -0.722. The number of aliphatic hydroxyl groups is 1. The van der Waals surface area contributed by atoms with Gasteiger partial charge in [-0.25, -0.2) is 0 Å². The van der Waals surface area contributed by atoms with E-state index in [9.17, 15) is 9.90 Å². The number of aliphatic hydroxyl groups excluding tert-OH is 1. The Morgan fingerprint density at radius 1 is 1.44 bits per heavy atom. The van der Waals surface area contributed by atoms with E-state index in [4.69, 9.17) is 25.5 Å². The van der Waals surface area contributed by atoms with Crippen LogP contribution in [0.2, 0.25) is 5.02 Å². The van der Waals surface area contributed by atoms with Crippen LogP contribution < -0.4 is 10.1 Å². The highest BCUT2D eigenvalue weighted by Gasteiger charge is 2.34. The molecular formula is C22H25ClN4O5. The molecule has 1 fully saturated rings. The Morgan fingerprint density at radius 3 is 2.97 bits per heavy atom. The summed E-state index contributed by atoms with van der Waals surface area (Å²) < 4.78 is 16.9. The molecular weight excluding hydrogens is 436 g/mol. The molecule has 9 nitrogen and oxygen atoms in total. The third-order valence-corrected chi connectivity index (χ3v) is 5.58. The third-order valence-electron chi connectivity index (χ3n) is 5.35. The first-order valence-corrected chi connectivity index (χ1v) is 10.7. The van der Waals surface area contributed by atoms with Crippen molar-refractivity contribution in [2.24, 2.45) is 0 Å². The van der Waals surface area contributed by atoms with Crippen molar-refractivity contribution in [3.8, 4) is 5.75 Å². The van der Waals surface area contributed by atoms with Gasteiger partial charge in [0, 0.05) is 23.3 Å². The van der Waals surface area contributed by atoms with Crippen LogP contribution in [0.3, 0.4) is 0 Å². The van der Waals surface area contributed by atoms with Crippen molar-refractivity contribution in [2.75, 3.05) is 25.6 Å². The standard InChI is InChI=1S/C22H25ClN4O5/c1-12-10-27(18(11-31-12)13(2)28)21(29)14-6-17-20(19(7-14)30-3)32-22(26-17)25-9-16-8-15(23)4-5-24-16/h4-8,12-13,18,28H,9-11H2,1-3H3,(H,25,26). The monoisotopic (exact) mass is 460 g/mol. The molecule has 170 valence electrons. The van der Waals surface area contributed by atoms with Crippen LogP contribution in [0, 0.1) is 0 Å². The number of amides is 1. The molecule has 0 saturated carbocycles. The lowest BCUT2D eigenvalue weighted by atomic mass is 10.1. The molecule has 3 aromatic rings. The topological polar surface area (TPSA) is 110 Å². The lowest BCUT2D eigenvalue weighted by Gasteiger charge is -2.40. The number of anilines is 1. The summed E-state index contributed by atoms with van der Waals surface area (Å²) >= 11 is 6.00. The zero-order valence-corrected chi connectivity index (χ0v) is 18.8. The Morgan fingerprint density at radius 2 is 2.25 bits per heavy atom. The predicted octanol–water partition coefficient (Wildman–Crippen LogP) is 3.11. The van der Waals surface area contributed by atoms with Gasteiger partial charge in [-0.1, -0.05) is 11.6 Å². The van der Waals surface area contributed by atoms with E-state index in [2.05, 4.69) is 15.3 Å². The summed E-state index contributed by atoms with van der Waals surface area (Å²) in [6.07, 6.45) is 0.779. The van der Waals surface area contributed by atoms with E-state index in [1.54, 1.807) is 42.3 Å². The number of nitrogens with zero attached hydrogens (tertiary/aromatic N) is 3. The minimum absolute atomic E-state index is 0.123. The van der Waals surface area contributed by atoms with Gasteiger partial charge in [-0.3, -0.25) is 9.78 Å². The highest BCUT2D eigenvalue weighted by molar-refractivity contribution is 6.30. The number of halogens is 1. The number of nitrogens with one attached hydrogen (secondary N) is 1. The second-order valence-electron chi connectivity index (χ2n) is 7.77. The summed E-state index contributed by atoms with van der Waals surface area (Å²) in [7, 11) is 1.50. The fourth-order valence-electron chi connectivity index (χ4n) is 3.68. The second-order valence-corrected chi connectivity index (χ2v) is 8.21. The lowest BCUT2D eigenvalue weighted by molar-refractivity contribution is -0.0744. The average Bonchev–Trinajstić information content (AvgIpc) is 3.19. The first-order valence-electron chi connectivity index (χ1n) is 10.3. The largest absolute Gasteiger partial charge is 0.493 e. The van der Waals surface area contributed by atoms with Crippen molar-refractivity contribution in [3.63, 3.8) is 0 Å². The molecule has 1 amide bonds. The second kappa shape index (κ2) is 9.32. The van der Waals surface area contributed by atoms with Crippen molar-refractivity contribution < 1.29 is 23.8 Å². The summed E-state index contributed by atoms with van der Waals surface area (Å²) in [6, 6.07) is 6.57. The number of aromatic nitrogens is 2. The number of methoxy groups -OCH3 is 1. The number of pyridine rings is 1. The van der Waals surface area contributed by atoms with Crippen molar-refractivity contribution in [1.82, 2.24) is 14.9 Å². The Kier molecular flexibility index (Phi) is 6.50. The molecule has 0 radical (unpaired) electrons. The van der Waals surface area contributed by atoms with Crippen LogP contribution in [0.1, 0.15) is 29.9 Å². The first-order chi connectivity index (χ1) is 15.4. The summed E-state index contributed by atoms with van der Waals surface area (Å²) in [6.45, 7) is 4.57. The fraction of sp³-hybridized carbons (Fsp3) is 0.409. The molecule has 1 aliphatic heterocycles. The van der Waals surface area contributed by atoms with Crippen LogP contribution in [-0.2, 0) is 11.3 Å². The number of benzene rings is 1. The molecule has 0 aliphatic carbocycles. The van der Waals surface area contributed by atoms with Gasteiger partial charge in [-0.05, 0) is 38.1 Å². The van der Waals surface area contributed by atoms with Crippen LogP contribution in [0.25, 0.3) is 11.1 Å². The van der Waals surface area contributed by atoms with Crippen molar-refractivity contribution in [3.05, 3.63) is 46.7 Å². The van der Waals surface area contributed by atoms with Gasteiger partial charge in [0.1, 0.15) is 5.52 Å². The normalized spacial score (nSPS) is 19.7. The molecule has 0 spiro atoms. The quantitative estimate of drug-likeness (QED) is 0.577. The number of morpholine rings is 1. The highest BCUT2D eigenvalue weighted by atomic mass is 35.5. The number of hydrogen-bond acceptors (Lipinski definition) is 8. The van der Waals surface area contributed by atoms with Crippen molar-refractivity contribution >= 4 is 34.6 Å². The molecule has 10 heteroatoms. The van der Waals surface area contributed by atoms with Crippen LogP contribution >= 0.6 is 11.6 Å². The Bertz CT molecular complexity index is 1120. The molecule has 4 rings (SSSR count). The summed E-state index contributed by atoms with van der Waals surface area (Å²) in [5.74, 6) is 0.161. The van der Waals surface area contributed by atoms with E-state index in [1.807, 2.05) is 6.92 Å². The highest BCUT2D eigenvalue weighted by Crippen LogP contribution is 2.31. The molecule has 3 heterocycles. The van der Waals surface area contributed by atoms with Gasteiger partial charge < -0.3 is 29.2 Å². The summed E-state index contributed by atoms with van der Waals surface area (Å²) in [5.41, 5.74) is 2.02. The van der Waals surface area contributed by atoms with E-state index in [1.165, 1.54) is 7.11 Å². The lowest BCUT2D eigenvalue weighted by Crippen LogP contribution is -2.55. The maximum Gasteiger partial charge on any atom is 0.296 e. The van der Waals surface area contributed by atoms with Crippen LogP contribution in [-0.4, -0.2) is 64.4 Å². The summed E-state index contributed by atoms with van der Waals surface area (Å²) in [4.78, 5) is 23.7. The maximum atomic E-state index is 13.3. The van der Waals surface area contributed by atoms with Gasteiger partial charge in [0.25, 0.3) is 11.9 Å². The zero-order valence-electron chi connectivity index (χ0n) is 18.0. The number of carbonyl (C=O) groups excluding carboxylic acids is 1. The molecule has 1 aromatic carbocycles. The third kappa shape index (κ3) is 4.64. The van der Waals surface area contributed by atoms with Crippen molar-refractivity contribution in [2.45, 2.75) is 38.6 Å². The van der Waals surface area contributed by atoms with Crippen LogP contribution in [0.5, 0.6) is 5.75 Å². The van der Waals surface area contributed by atoms with Crippen molar-refractivity contribution in [1.29, 1.82) is 0 Å². The van der Waals surface area contributed by atoms with E-state index < -0.39 is 12.1 Å². The van der Waals surface area contributed by atoms with E-state index in [0.717, 1.165) is 5.69 Å². The Labute approximate surface area is 190 Å². The Balaban J connectivity index is 1.61. The molecule has 32 heavy (non-hydrogen) atoms. The molecule has 2 aromatic heterocycles. The maximum absolute atomic E-state index is 13.3. The predicted molar refractivity (Wildman–Crippen MR) is 119 cm³/mol. The SMILES string of the molecule is COc1cc(C(=O)N2CC(C)OCC2C(C)O)cc2nc(NCc3cc(Cl)ccn3)oc12. The van der Waals surface area contributed by atoms with Gasteiger partial charge in [-0.2, -0.15) is 4.98 Å². The Hall–Kier alpha value is -2.88. The zero-order chi connectivity index (χ0) is 22.8. The van der Waals surface area contributed by atoms with Gasteiger partial charge in [0.05, 0.1) is 44.2 Å². The molecule has 3 unspecified atom stereocenters. The average molecular weight is 461 g/mol. The van der Waals surface area contributed by atoms with Gasteiger partial charge >= 0.3 is 0 Å². The first kappa shape index (κ1) is 22.3. The van der Waals surface area contributed by atoms with E-state index in [0.29, 0.717) is 40.5 Å². The van der Waals surface area contributed by atoms with E-state index >= 15 is 0 Å². The minimum Gasteiger partial charge on any atom is -0.493 e. The van der Waals surface area contributed by atoms with Crippen LogP contribution in [0.4, 0.5) is 6.01 Å². The van der Waals surface area contributed by atoms with Gasteiger partial charge in [0.2, 0.25) is 0 Å². The van der Waals surface area contributed by atoms with Crippen LogP contribution in [0.15, 0.2) is 34.9 Å². The number of carbonyl (C=O) groups is 1. The summed E-state index contributed by atoms with van der Waals surface area (Å²) in [5, 5.41) is 13.8. The number of oxazole rings is 1. The fourth-order valence-corrected chi connectivity index (χ4v) is 3.86. The number of ether oxygens (including phenoxy) is 2. The van der Waals surface area contributed by atoms with E-state index in [-0.39, 0.29) is 24.6 Å². The number of rotatable bonds is 6. The molecule has 0 bridgehead atoms. The molecule has 3 atom stereocenters. The molecule has 1 saturated heterocycles. The number of fused-ring (bicyclic) bond motifs is 1. The van der Waals surface area contributed by atoms with Gasteiger partial charge in [0.15, 0.2) is 11.3 Å². The smallest absolute Gasteiger partial charge is 0.296 e. The van der Waals surface area contributed by atoms with Gasteiger partial charge in [-0.15, -0.1) is 0 Å².